The van der Waals surface area contributed by atoms with Gasteiger partial charge in [0, 0.05) is 11.8 Å². The summed E-state index contributed by atoms with van der Waals surface area (Å²) in [6.07, 6.45) is 2.67. The summed E-state index contributed by atoms with van der Waals surface area (Å²) in [6, 6.07) is 6.86. The van der Waals surface area contributed by atoms with E-state index in [9.17, 15) is 4.39 Å². The van der Waals surface area contributed by atoms with Gasteiger partial charge in [0.05, 0.1) is 16.2 Å². The number of halogens is 2. The lowest BCUT2D eigenvalue weighted by Gasteiger charge is -2.19. The molecule has 0 spiro atoms. The number of nitrogens with zero attached hydrogens (tertiary/aromatic N) is 2. The molecule has 0 aliphatic rings. The van der Waals surface area contributed by atoms with E-state index in [1.165, 1.54) is 0 Å². The standard InChI is InChI=1S/C15H17BrFN3/c1-3-8-19-15(13-7-9-18-10(2)20-13)11-5-4-6-12(16)14(11)17/h4-7,9,15,19H,3,8H2,1-2H3. The first-order valence-electron chi connectivity index (χ1n) is 6.60. The zero-order valence-electron chi connectivity index (χ0n) is 11.5. The summed E-state index contributed by atoms with van der Waals surface area (Å²) in [7, 11) is 0. The van der Waals surface area contributed by atoms with E-state index in [-0.39, 0.29) is 11.9 Å². The molecule has 1 atom stereocenters. The van der Waals surface area contributed by atoms with Crippen LogP contribution in [0.5, 0.6) is 0 Å². The van der Waals surface area contributed by atoms with Crippen molar-refractivity contribution < 1.29 is 4.39 Å². The lowest BCUT2D eigenvalue weighted by Crippen LogP contribution is -2.25. The molecule has 106 valence electrons. The SMILES string of the molecule is CCCNC(c1ccnc(C)n1)c1cccc(Br)c1F. The van der Waals surface area contributed by atoms with Gasteiger partial charge in [0.2, 0.25) is 0 Å². The molecule has 1 aromatic carbocycles. The summed E-state index contributed by atoms with van der Waals surface area (Å²) in [5.41, 5.74) is 1.37. The van der Waals surface area contributed by atoms with Crippen molar-refractivity contribution in [3.05, 3.63) is 57.8 Å². The molecule has 2 rings (SSSR count). The molecule has 0 aliphatic heterocycles. The van der Waals surface area contributed by atoms with E-state index in [0.29, 0.717) is 15.9 Å². The molecule has 0 aliphatic carbocycles. The minimum atomic E-state index is -0.269. The molecule has 1 unspecified atom stereocenters. The fourth-order valence-corrected chi connectivity index (χ4v) is 2.42. The number of benzene rings is 1. The third-order valence-corrected chi connectivity index (χ3v) is 3.60. The van der Waals surface area contributed by atoms with Crippen molar-refractivity contribution in [1.82, 2.24) is 15.3 Å². The molecule has 0 amide bonds. The molecule has 0 bridgehead atoms. The Morgan fingerprint density at radius 1 is 1.35 bits per heavy atom. The Balaban J connectivity index is 2.44. The van der Waals surface area contributed by atoms with Gasteiger partial charge < -0.3 is 5.32 Å². The molecule has 0 saturated heterocycles. The maximum absolute atomic E-state index is 14.3. The molecule has 3 nitrogen and oxygen atoms in total. The highest BCUT2D eigenvalue weighted by Gasteiger charge is 2.20. The Morgan fingerprint density at radius 3 is 2.85 bits per heavy atom. The minimum Gasteiger partial charge on any atom is -0.305 e. The summed E-state index contributed by atoms with van der Waals surface area (Å²) in [5, 5.41) is 3.35. The average Bonchev–Trinajstić information content (AvgIpc) is 2.44. The average molecular weight is 338 g/mol. The largest absolute Gasteiger partial charge is 0.305 e. The molecule has 0 fully saturated rings. The van der Waals surface area contributed by atoms with Crippen LogP contribution in [0.25, 0.3) is 0 Å². The molecule has 1 N–H and O–H groups in total. The number of aromatic nitrogens is 2. The lowest BCUT2D eigenvalue weighted by atomic mass is 10.0. The first kappa shape index (κ1) is 15.1. The molecule has 2 aromatic rings. The monoisotopic (exact) mass is 337 g/mol. The highest BCUT2D eigenvalue weighted by Crippen LogP contribution is 2.27. The Morgan fingerprint density at radius 2 is 2.15 bits per heavy atom. The Bertz CT molecular complexity index is 589. The fourth-order valence-electron chi connectivity index (χ4n) is 2.04. The van der Waals surface area contributed by atoms with Crippen molar-refractivity contribution in [2.75, 3.05) is 6.54 Å². The van der Waals surface area contributed by atoms with E-state index < -0.39 is 0 Å². The maximum atomic E-state index is 14.3. The van der Waals surface area contributed by atoms with E-state index in [0.717, 1.165) is 18.7 Å². The molecule has 5 heteroatoms. The van der Waals surface area contributed by atoms with Crippen LogP contribution in [0.3, 0.4) is 0 Å². The van der Waals surface area contributed by atoms with Crippen LogP contribution in [0, 0.1) is 12.7 Å². The smallest absolute Gasteiger partial charge is 0.142 e. The van der Waals surface area contributed by atoms with Crippen LogP contribution in [-0.2, 0) is 0 Å². The first-order chi connectivity index (χ1) is 9.63. The summed E-state index contributed by atoms with van der Waals surface area (Å²) in [5.74, 6) is 0.429. The van der Waals surface area contributed by atoms with Crippen molar-refractivity contribution in [2.24, 2.45) is 0 Å². The van der Waals surface area contributed by atoms with E-state index in [1.807, 2.05) is 19.1 Å². The number of nitrogens with one attached hydrogen (secondary N) is 1. The normalized spacial score (nSPS) is 12.4. The number of rotatable bonds is 5. The van der Waals surface area contributed by atoms with Crippen LogP contribution in [0.2, 0.25) is 0 Å². The summed E-state index contributed by atoms with van der Waals surface area (Å²) in [4.78, 5) is 8.51. The number of aryl methyl sites for hydroxylation is 1. The van der Waals surface area contributed by atoms with Gasteiger partial charge in [0.1, 0.15) is 11.6 Å². The van der Waals surface area contributed by atoms with E-state index in [2.05, 4.69) is 38.1 Å². The van der Waals surface area contributed by atoms with Crippen LogP contribution >= 0.6 is 15.9 Å². The molecular weight excluding hydrogens is 321 g/mol. The quantitative estimate of drug-likeness (QED) is 0.902. The Hall–Kier alpha value is -1.33. The number of hydrogen-bond donors (Lipinski definition) is 1. The highest BCUT2D eigenvalue weighted by atomic mass is 79.9. The van der Waals surface area contributed by atoms with Gasteiger partial charge in [0.25, 0.3) is 0 Å². The third kappa shape index (κ3) is 3.41. The molecule has 1 heterocycles. The lowest BCUT2D eigenvalue weighted by molar-refractivity contribution is 0.535. The fraction of sp³-hybridized carbons (Fsp3) is 0.333. The van der Waals surface area contributed by atoms with Crippen molar-refractivity contribution in [2.45, 2.75) is 26.3 Å². The second-order valence-electron chi connectivity index (χ2n) is 4.56. The Labute approximate surface area is 126 Å². The zero-order valence-corrected chi connectivity index (χ0v) is 13.1. The van der Waals surface area contributed by atoms with Gasteiger partial charge in [-0.25, -0.2) is 14.4 Å². The summed E-state index contributed by atoms with van der Waals surface area (Å²) < 4.78 is 14.8. The van der Waals surface area contributed by atoms with Crippen LogP contribution in [0.15, 0.2) is 34.9 Å². The number of hydrogen-bond acceptors (Lipinski definition) is 3. The predicted octanol–water partition coefficient (Wildman–Crippen LogP) is 3.78. The van der Waals surface area contributed by atoms with Crippen molar-refractivity contribution >= 4 is 15.9 Å². The molecule has 0 saturated carbocycles. The van der Waals surface area contributed by atoms with Gasteiger partial charge in [-0.2, -0.15) is 0 Å². The second kappa shape index (κ2) is 6.90. The van der Waals surface area contributed by atoms with Crippen LogP contribution < -0.4 is 5.32 Å². The summed E-state index contributed by atoms with van der Waals surface area (Å²) >= 11 is 3.23. The maximum Gasteiger partial charge on any atom is 0.142 e. The molecular formula is C15H17BrFN3. The van der Waals surface area contributed by atoms with Gasteiger partial charge in [-0.3, -0.25) is 0 Å². The van der Waals surface area contributed by atoms with Crippen molar-refractivity contribution in [3.8, 4) is 0 Å². The van der Waals surface area contributed by atoms with Crippen molar-refractivity contribution in [3.63, 3.8) is 0 Å². The van der Waals surface area contributed by atoms with E-state index in [1.54, 1.807) is 18.3 Å². The van der Waals surface area contributed by atoms with Gasteiger partial charge in [0.15, 0.2) is 0 Å². The van der Waals surface area contributed by atoms with Crippen molar-refractivity contribution in [1.29, 1.82) is 0 Å². The van der Waals surface area contributed by atoms with E-state index in [4.69, 9.17) is 0 Å². The Kier molecular flexibility index (Phi) is 5.20. The van der Waals surface area contributed by atoms with Gasteiger partial charge in [-0.05, 0) is 48.0 Å². The van der Waals surface area contributed by atoms with Gasteiger partial charge in [-0.15, -0.1) is 0 Å². The van der Waals surface area contributed by atoms with Gasteiger partial charge in [-0.1, -0.05) is 19.1 Å². The highest BCUT2D eigenvalue weighted by molar-refractivity contribution is 9.10. The topological polar surface area (TPSA) is 37.8 Å². The van der Waals surface area contributed by atoms with Crippen LogP contribution in [0.1, 0.15) is 36.5 Å². The first-order valence-corrected chi connectivity index (χ1v) is 7.39. The second-order valence-corrected chi connectivity index (χ2v) is 5.41. The van der Waals surface area contributed by atoms with E-state index >= 15 is 0 Å². The zero-order chi connectivity index (χ0) is 14.5. The van der Waals surface area contributed by atoms with Crippen LogP contribution in [0.4, 0.5) is 4.39 Å². The molecule has 0 radical (unpaired) electrons. The van der Waals surface area contributed by atoms with Gasteiger partial charge >= 0.3 is 0 Å². The summed E-state index contributed by atoms with van der Waals surface area (Å²) in [6.45, 7) is 4.70. The molecule has 1 aromatic heterocycles. The van der Waals surface area contributed by atoms with Crippen LogP contribution in [-0.4, -0.2) is 16.5 Å². The molecule has 20 heavy (non-hydrogen) atoms. The minimum absolute atomic E-state index is 0.252. The third-order valence-electron chi connectivity index (χ3n) is 2.98. The predicted molar refractivity (Wildman–Crippen MR) is 81.0 cm³/mol.